The molecule has 0 aliphatic heterocycles. The van der Waals surface area contributed by atoms with Gasteiger partial charge in [0.2, 0.25) is 5.91 Å². The van der Waals surface area contributed by atoms with Gasteiger partial charge in [0.05, 0.1) is 0 Å². The zero-order valence-electron chi connectivity index (χ0n) is 23.4. The number of rotatable bonds is 9. The molecule has 7 nitrogen and oxygen atoms in total. The number of hydrogen-bond donors (Lipinski definition) is 2. The highest BCUT2D eigenvalue weighted by Crippen LogP contribution is 2.33. The van der Waals surface area contributed by atoms with E-state index in [9.17, 15) is 14.4 Å². The number of nitrogens with zero attached hydrogens (tertiary/aromatic N) is 1. The van der Waals surface area contributed by atoms with Crippen LogP contribution in [-0.2, 0) is 14.3 Å². The maximum Gasteiger partial charge on any atom is 0.408 e. The highest BCUT2D eigenvalue weighted by Gasteiger charge is 2.40. The third-order valence-electron chi connectivity index (χ3n) is 6.27. The molecular weight excluding hydrogens is 466 g/mol. The number of amides is 3. The predicted octanol–water partition coefficient (Wildman–Crippen LogP) is 6.17. The van der Waals surface area contributed by atoms with Gasteiger partial charge in [0.25, 0.3) is 5.91 Å². The predicted molar refractivity (Wildman–Crippen MR) is 149 cm³/mol. The van der Waals surface area contributed by atoms with Crippen LogP contribution in [0.3, 0.4) is 0 Å². The van der Waals surface area contributed by atoms with E-state index in [-0.39, 0.29) is 12.5 Å². The van der Waals surface area contributed by atoms with Crippen LogP contribution >= 0.6 is 0 Å². The van der Waals surface area contributed by atoms with Gasteiger partial charge >= 0.3 is 6.09 Å². The van der Waals surface area contributed by atoms with Crippen molar-refractivity contribution in [3.05, 3.63) is 71.3 Å². The fourth-order valence-corrected chi connectivity index (χ4v) is 4.03. The molecule has 0 bridgehead atoms. The normalized spacial score (nSPS) is 12.3. The second kappa shape index (κ2) is 12.1. The summed E-state index contributed by atoms with van der Waals surface area (Å²) in [6.07, 6.45) is 1.59. The molecule has 1 atom stereocenters. The lowest BCUT2D eigenvalue weighted by atomic mass is 9.92. The van der Waals surface area contributed by atoms with E-state index in [2.05, 4.69) is 17.2 Å². The largest absolute Gasteiger partial charge is 0.444 e. The molecule has 0 spiro atoms. The summed E-state index contributed by atoms with van der Waals surface area (Å²) in [5.41, 5.74) is 2.63. The van der Waals surface area contributed by atoms with E-state index in [0.717, 1.165) is 16.7 Å². The molecule has 0 aliphatic carbocycles. The van der Waals surface area contributed by atoms with Gasteiger partial charge in [-0.05, 0) is 83.2 Å². The van der Waals surface area contributed by atoms with Crippen molar-refractivity contribution in [2.75, 3.05) is 11.9 Å². The highest BCUT2D eigenvalue weighted by molar-refractivity contribution is 5.99. The first-order chi connectivity index (χ1) is 17.2. The summed E-state index contributed by atoms with van der Waals surface area (Å²) >= 11 is 0. The van der Waals surface area contributed by atoms with Crippen LogP contribution in [0.25, 0.3) is 6.08 Å². The summed E-state index contributed by atoms with van der Waals surface area (Å²) in [6.45, 7) is 18.4. The Morgan fingerprint density at radius 3 is 2.16 bits per heavy atom. The number of anilines is 1. The van der Waals surface area contributed by atoms with Crippen molar-refractivity contribution in [1.82, 2.24) is 10.2 Å². The Balaban J connectivity index is 2.55. The average molecular weight is 508 g/mol. The van der Waals surface area contributed by atoms with Crippen molar-refractivity contribution < 1.29 is 19.1 Å². The molecule has 2 aromatic carbocycles. The number of benzene rings is 2. The summed E-state index contributed by atoms with van der Waals surface area (Å²) in [5, 5.41) is 5.62. The maximum absolute atomic E-state index is 14.0. The zero-order valence-corrected chi connectivity index (χ0v) is 23.4. The van der Waals surface area contributed by atoms with Crippen LogP contribution in [-0.4, -0.2) is 40.5 Å². The van der Waals surface area contributed by atoms with Crippen LogP contribution in [0.4, 0.5) is 10.5 Å². The summed E-state index contributed by atoms with van der Waals surface area (Å²) in [4.78, 5) is 41.6. The van der Waals surface area contributed by atoms with Crippen LogP contribution in [0.15, 0.2) is 49.0 Å². The SMILES string of the molecule is C=Cc1cccc(C(C(=O)Nc2c(C)cccc2C)N(C(=O)CNC(=O)OC(C)(C)C)C(C)(C)CC)c1. The number of hydrogen-bond acceptors (Lipinski definition) is 4. The van der Waals surface area contributed by atoms with Crippen LogP contribution in [0, 0.1) is 13.8 Å². The zero-order chi connectivity index (χ0) is 28.0. The first-order valence-corrected chi connectivity index (χ1v) is 12.6. The third-order valence-corrected chi connectivity index (χ3v) is 6.27. The van der Waals surface area contributed by atoms with Crippen molar-refractivity contribution >= 4 is 29.7 Å². The molecule has 0 radical (unpaired) electrons. The van der Waals surface area contributed by atoms with E-state index in [4.69, 9.17) is 4.74 Å². The molecule has 2 N–H and O–H groups in total. The van der Waals surface area contributed by atoms with E-state index in [0.29, 0.717) is 17.7 Å². The van der Waals surface area contributed by atoms with Gasteiger partial charge < -0.3 is 20.3 Å². The van der Waals surface area contributed by atoms with Gasteiger partial charge in [-0.25, -0.2) is 4.79 Å². The Hall–Kier alpha value is -3.61. The topological polar surface area (TPSA) is 87.7 Å². The summed E-state index contributed by atoms with van der Waals surface area (Å²) in [5.74, 6) is -0.742. The number of carbonyl (C=O) groups is 3. The van der Waals surface area contributed by atoms with Crippen molar-refractivity contribution in [1.29, 1.82) is 0 Å². The minimum absolute atomic E-state index is 0.313. The molecule has 0 heterocycles. The van der Waals surface area contributed by atoms with Crippen LogP contribution < -0.4 is 10.6 Å². The van der Waals surface area contributed by atoms with Gasteiger partial charge in [0.15, 0.2) is 0 Å². The molecule has 2 rings (SSSR count). The minimum atomic E-state index is -0.957. The average Bonchev–Trinajstić information content (AvgIpc) is 2.82. The molecule has 1 unspecified atom stereocenters. The number of alkyl carbamates (subject to hydrolysis) is 1. The van der Waals surface area contributed by atoms with Gasteiger partial charge in [-0.3, -0.25) is 9.59 Å². The van der Waals surface area contributed by atoms with Gasteiger partial charge in [-0.15, -0.1) is 0 Å². The van der Waals surface area contributed by atoms with E-state index >= 15 is 0 Å². The monoisotopic (exact) mass is 507 g/mol. The lowest BCUT2D eigenvalue weighted by molar-refractivity contribution is -0.145. The smallest absolute Gasteiger partial charge is 0.408 e. The van der Waals surface area contributed by atoms with Gasteiger partial charge in [-0.2, -0.15) is 0 Å². The molecule has 7 heteroatoms. The molecule has 0 aromatic heterocycles. The quantitative estimate of drug-likeness (QED) is 0.425. The van der Waals surface area contributed by atoms with Crippen molar-refractivity contribution in [3.63, 3.8) is 0 Å². The minimum Gasteiger partial charge on any atom is -0.444 e. The Labute approximate surface area is 221 Å². The maximum atomic E-state index is 14.0. The molecule has 0 fully saturated rings. The van der Waals surface area contributed by atoms with Crippen LogP contribution in [0.1, 0.15) is 76.3 Å². The molecule has 200 valence electrons. The Bertz CT molecular complexity index is 1130. The third kappa shape index (κ3) is 7.94. The molecule has 2 aromatic rings. The lowest BCUT2D eigenvalue weighted by Gasteiger charge is -2.43. The van der Waals surface area contributed by atoms with Gasteiger partial charge in [-0.1, -0.05) is 56.0 Å². The van der Waals surface area contributed by atoms with E-state index in [1.54, 1.807) is 31.7 Å². The Morgan fingerprint density at radius 1 is 1.03 bits per heavy atom. The van der Waals surface area contributed by atoms with Crippen molar-refractivity contribution in [3.8, 4) is 0 Å². The van der Waals surface area contributed by atoms with Crippen LogP contribution in [0.2, 0.25) is 0 Å². The summed E-state index contributed by atoms with van der Waals surface area (Å²) in [7, 11) is 0. The number of carbonyl (C=O) groups excluding carboxylic acids is 3. The Morgan fingerprint density at radius 2 is 1.62 bits per heavy atom. The van der Waals surface area contributed by atoms with Crippen molar-refractivity contribution in [2.45, 2.75) is 79.0 Å². The first-order valence-electron chi connectivity index (χ1n) is 12.6. The second-order valence-electron chi connectivity index (χ2n) is 10.8. The van der Waals surface area contributed by atoms with E-state index < -0.39 is 29.2 Å². The number of aryl methyl sites for hydroxylation is 2. The first kappa shape index (κ1) is 29.6. The van der Waals surface area contributed by atoms with E-state index in [1.807, 2.05) is 77.1 Å². The molecule has 37 heavy (non-hydrogen) atoms. The Kier molecular flexibility index (Phi) is 9.67. The lowest BCUT2D eigenvalue weighted by Crippen LogP contribution is -2.55. The second-order valence-corrected chi connectivity index (χ2v) is 10.8. The van der Waals surface area contributed by atoms with Gasteiger partial charge in [0, 0.05) is 11.2 Å². The number of para-hydroxylation sites is 1. The number of ether oxygens (including phenoxy) is 1. The summed E-state index contributed by atoms with van der Waals surface area (Å²) in [6, 6.07) is 12.2. The molecular formula is C30H41N3O4. The highest BCUT2D eigenvalue weighted by atomic mass is 16.6. The summed E-state index contributed by atoms with van der Waals surface area (Å²) < 4.78 is 5.30. The number of nitrogens with one attached hydrogen (secondary N) is 2. The fourth-order valence-electron chi connectivity index (χ4n) is 4.03. The molecule has 0 aliphatic rings. The standard InChI is InChI=1S/C30H41N3O4/c1-10-22-16-13-17-23(18-22)26(27(35)32-25-20(3)14-12-15-21(25)4)33(30(8,9)11-2)24(34)19-31-28(36)37-29(5,6)7/h10,12-18,26H,1,11,19H2,2-9H3,(H,31,36)(H,32,35). The molecule has 3 amide bonds. The fraction of sp³-hybridized carbons (Fsp3) is 0.433. The van der Waals surface area contributed by atoms with Crippen molar-refractivity contribution in [2.24, 2.45) is 0 Å². The van der Waals surface area contributed by atoms with Gasteiger partial charge in [0.1, 0.15) is 18.2 Å². The van der Waals surface area contributed by atoms with Crippen LogP contribution in [0.5, 0.6) is 0 Å². The molecule has 0 saturated carbocycles. The molecule has 0 saturated heterocycles. The van der Waals surface area contributed by atoms with E-state index in [1.165, 1.54) is 0 Å².